The summed E-state index contributed by atoms with van der Waals surface area (Å²) in [6.45, 7) is 1.79. The Hall–Kier alpha value is -3.65. The molecule has 1 aliphatic heterocycles. The fraction of sp³-hybridized carbons (Fsp3) is 0.269. The number of thiophene rings is 1. The van der Waals surface area contributed by atoms with E-state index in [-0.39, 0.29) is 17.4 Å². The van der Waals surface area contributed by atoms with E-state index >= 15 is 0 Å². The van der Waals surface area contributed by atoms with E-state index in [0.717, 1.165) is 22.5 Å². The molecule has 2 aromatic carbocycles. The highest BCUT2D eigenvalue weighted by atomic mass is 32.1. The molecule has 0 bridgehead atoms. The molecule has 8 heteroatoms. The Morgan fingerprint density at radius 1 is 1.09 bits per heavy atom. The molecule has 1 aliphatic rings. The quantitative estimate of drug-likeness (QED) is 0.449. The zero-order valence-corrected chi connectivity index (χ0v) is 19.8. The number of methoxy groups -OCH3 is 1. The number of nitrogens with one attached hydrogen (secondary N) is 1. The van der Waals surface area contributed by atoms with Crippen molar-refractivity contribution < 1.29 is 9.53 Å². The zero-order chi connectivity index (χ0) is 23.5. The number of carbonyl (C=O) groups excluding carboxylic acids is 1. The zero-order valence-electron chi connectivity index (χ0n) is 18.9. The van der Waals surface area contributed by atoms with E-state index in [1.165, 1.54) is 11.3 Å². The van der Waals surface area contributed by atoms with Crippen LogP contribution in [-0.2, 0) is 11.3 Å². The Balaban J connectivity index is 1.33. The van der Waals surface area contributed by atoms with Crippen molar-refractivity contribution in [2.75, 3.05) is 30.4 Å². The fourth-order valence-electron chi connectivity index (χ4n) is 4.34. The summed E-state index contributed by atoms with van der Waals surface area (Å²) in [5.41, 5.74) is 2.53. The molecular weight excluding hydrogens is 448 g/mol. The predicted molar refractivity (Wildman–Crippen MR) is 136 cm³/mol. The van der Waals surface area contributed by atoms with Gasteiger partial charge in [-0.05, 0) is 54.1 Å². The maximum Gasteiger partial charge on any atom is 0.273 e. The molecule has 0 radical (unpaired) electrons. The summed E-state index contributed by atoms with van der Waals surface area (Å²) >= 11 is 1.43. The molecule has 0 unspecified atom stereocenters. The van der Waals surface area contributed by atoms with Crippen molar-refractivity contribution >= 4 is 39.1 Å². The number of nitrogens with zero attached hydrogens (tertiary/aromatic N) is 3. The van der Waals surface area contributed by atoms with Crippen molar-refractivity contribution in [2.24, 2.45) is 5.92 Å². The van der Waals surface area contributed by atoms with E-state index in [1.54, 1.807) is 11.7 Å². The number of amides is 1. The van der Waals surface area contributed by atoms with E-state index < -0.39 is 0 Å². The minimum absolute atomic E-state index is 0.0155. The van der Waals surface area contributed by atoms with Crippen molar-refractivity contribution in [3.05, 3.63) is 82.0 Å². The van der Waals surface area contributed by atoms with Gasteiger partial charge in [-0.1, -0.05) is 30.3 Å². The maximum absolute atomic E-state index is 13.3. The summed E-state index contributed by atoms with van der Waals surface area (Å²) < 4.78 is 7.62. The predicted octanol–water partition coefficient (Wildman–Crippen LogP) is 4.37. The molecule has 7 nitrogen and oxygen atoms in total. The van der Waals surface area contributed by atoms with Crippen molar-refractivity contribution in [1.29, 1.82) is 0 Å². The summed E-state index contributed by atoms with van der Waals surface area (Å²) in [5, 5.41) is 4.92. The molecule has 1 N–H and O–H groups in total. The monoisotopic (exact) mass is 474 g/mol. The van der Waals surface area contributed by atoms with Crippen molar-refractivity contribution in [2.45, 2.75) is 19.4 Å². The Morgan fingerprint density at radius 3 is 2.53 bits per heavy atom. The van der Waals surface area contributed by atoms with Crippen LogP contribution in [0.25, 0.3) is 10.2 Å². The van der Waals surface area contributed by atoms with Gasteiger partial charge in [0.2, 0.25) is 11.9 Å². The number of hydrogen-bond donors (Lipinski definition) is 1. The van der Waals surface area contributed by atoms with Crippen LogP contribution in [0, 0.1) is 5.92 Å². The van der Waals surface area contributed by atoms with Gasteiger partial charge in [0.1, 0.15) is 10.4 Å². The lowest BCUT2D eigenvalue weighted by molar-refractivity contribution is -0.120. The normalized spacial score (nSPS) is 14.3. The van der Waals surface area contributed by atoms with Gasteiger partial charge in [0.15, 0.2) is 0 Å². The number of piperidine rings is 1. The molecule has 2 aromatic heterocycles. The van der Waals surface area contributed by atoms with Crippen LogP contribution < -0.4 is 20.5 Å². The summed E-state index contributed by atoms with van der Waals surface area (Å²) in [6.07, 6.45) is 1.40. The highest BCUT2D eigenvalue weighted by Gasteiger charge is 2.28. The summed E-state index contributed by atoms with van der Waals surface area (Å²) in [4.78, 5) is 33.1. The van der Waals surface area contributed by atoms with Crippen LogP contribution in [0.1, 0.15) is 18.4 Å². The lowest BCUT2D eigenvalue weighted by Gasteiger charge is -2.33. The van der Waals surface area contributed by atoms with Crippen molar-refractivity contribution in [3.63, 3.8) is 0 Å². The van der Waals surface area contributed by atoms with Crippen molar-refractivity contribution in [1.82, 2.24) is 9.55 Å². The first-order chi connectivity index (χ1) is 16.6. The molecular formula is C26H26N4O3S. The summed E-state index contributed by atoms with van der Waals surface area (Å²) in [6, 6.07) is 19.2. The first kappa shape index (κ1) is 22.2. The number of ether oxygens (including phenoxy) is 1. The Bertz CT molecular complexity index is 1340. The molecule has 0 saturated carbocycles. The van der Waals surface area contributed by atoms with E-state index in [1.807, 2.05) is 66.0 Å². The van der Waals surface area contributed by atoms with Gasteiger partial charge in [0, 0.05) is 24.7 Å². The Kier molecular flexibility index (Phi) is 6.31. The molecule has 3 heterocycles. The lowest BCUT2D eigenvalue weighted by atomic mass is 9.96. The molecule has 1 saturated heterocycles. The number of hydrogen-bond acceptors (Lipinski definition) is 6. The smallest absolute Gasteiger partial charge is 0.273 e. The highest BCUT2D eigenvalue weighted by Crippen LogP contribution is 2.26. The van der Waals surface area contributed by atoms with Gasteiger partial charge in [0.25, 0.3) is 5.56 Å². The molecule has 4 aromatic rings. The fourth-order valence-corrected chi connectivity index (χ4v) is 5.12. The van der Waals surface area contributed by atoms with E-state index in [4.69, 9.17) is 9.72 Å². The van der Waals surface area contributed by atoms with E-state index in [2.05, 4.69) is 10.2 Å². The van der Waals surface area contributed by atoms with Gasteiger partial charge in [-0.25, -0.2) is 4.98 Å². The summed E-state index contributed by atoms with van der Waals surface area (Å²) in [7, 11) is 1.62. The molecule has 0 atom stereocenters. The summed E-state index contributed by atoms with van der Waals surface area (Å²) in [5.74, 6) is 1.36. The number of anilines is 2. The van der Waals surface area contributed by atoms with Crippen LogP contribution in [0.4, 0.5) is 11.6 Å². The largest absolute Gasteiger partial charge is 0.497 e. The number of fused-ring (bicyclic) bond motifs is 1. The van der Waals surface area contributed by atoms with Crippen LogP contribution in [0.15, 0.2) is 70.8 Å². The topological polar surface area (TPSA) is 76.5 Å². The second-order valence-electron chi connectivity index (χ2n) is 8.40. The van der Waals surface area contributed by atoms with E-state index in [0.29, 0.717) is 43.1 Å². The van der Waals surface area contributed by atoms with Gasteiger partial charge >= 0.3 is 0 Å². The van der Waals surface area contributed by atoms with Crippen LogP contribution in [0.5, 0.6) is 5.75 Å². The van der Waals surface area contributed by atoms with Gasteiger partial charge in [-0.2, -0.15) is 0 Å². The molecule has 34 heavy (non-hydrogen) atoms. The Morgan fingerprint density at radius 2 is 1.82 bits per heavy atom. The molecule has 174 valence electrons. The van der Waals surface area contributed by atoms with Crippen LogP contribution in [0.2, 0.25) is 0 Å². The second kappa shape index (κ2) is 9.69. The third-order valence-corrected chi connectivity index (χ3v) is 7.13. The Labute approximate surface area is 201 Å². The first-order valence-electron chi connectivity index (χ1n) is 11.3. The van der Waals surface area contributed by atoms with Gasteiger partial charge in [-0.3, -0.25) is 14.2 Å². The molecule has 5 rings (SSSR count). The minimum atomic E-state index is -0.0856. The number of benzene rings is 2. The minimum Gasteiger partial charge on any atom is -0.497 e. The van der Waals surface area contributed by atoms with Crippen LogP contribution in [-0.4, -0.2) is 35.7 Å². The average molecular weight is 475 g/mol. The molecule has 0 aliphatic carbocycles. The van der Waals surface area contributed by atoms with Gasteiger partial charge in [0.05, 0.1) is 19.2 Å². The number of rotatable bonds is 6. The second-order valence-corrected chi connectivity index (χ2v) is 9.32. The molecule has 1 fully saturated rings. The third-order valence-electron chi connectivity index (χ3n) is 6.24. The lowest BCUT2D eigenvalue weighted by Crippen LogP contribution is -2.41. The van der Waals surface area contributed by atoms with Crippen molar-refractivity contribution in [3.8, 4) is 5.75 Å². The number of carbonyl (C=O) groups is 1. The number of aromatic nitrogens is 2. The maximum atomic E-state index is 13.3. The third kappa shape index (κ3) is 4.54. The van der Waals surface area contributed by atoms with Gasteiger partial charge in [-0.15, -0.1) is 11.3 Å². The molecule has 0 spiro atoms. The molecule has 1 amide bonds. The van der Waals surface area contributed by atoms with Crippen LogP contribution in [0.3, 0.4) is 0 Å². The van der Waals surface area contributed by atoms with Gasteiger partial charge < -0.3 is 15.0 Å². The SMILES string of the molecule is COc1ccc(NC(=O)C2CCN(c3nc4ccsc4c(=O)n3Cc3ccccc3)CC2)cc1. The van der Waals surface area contributed by atoms with Crippen LogP contribution >= 0.6 is 11.3 Å². The first-order valence-corrected chi connectivity index (χ1v) is 12.2. The standard InChI is InChI=1S/C26H26N4O3S/c1-33-21-9-7-20(8-10-21)27-24(31)19-11-14-29(15-12-19)26-28-22-13-16-34-23(22)25(32)30(26)17-18-5-3-2-4-6-18/h2-10,13,16,19H,11-12,14-15,17H2,1H3,(H,27,31). The van der Waals surface area contributed by atoms with E-state index in [9.17, 15) is 9.59 Å². The highest BCUT2D eigenvalue weighted by molar-refractivity contribution is 7.17. The average Bonchev–Trinajstić information content (AvgIpc) is 3.36.